The fourth-order valence-corrected chi connectivity index (χ4v) is 3.78. The molecule has 1 aliphatic rings. The van der Waals surface area contributed by atoms with Gasteiger partial charge in [-0.1, -0.05) is 43.3 Å². The Morgan fingerprint density at radius 3 is 2.56 bits per heavy atom. The van der Waals surface area contributed by atoms with E-state index >= 15 is 0 Å². The lowest BCUT2D eigenvalue weighted by molar-refractivity contribution is 0.0913. The van der Waals surface area contributed by atoms with Gasteiger partial charge in [-0.2, -0.15) is 0 Å². The van der Waals surface area contributed by atoms with Crippen LogP contribution in [0.4, 0.5) is 0 Å². The molecule has 1 aromatic heterocycles. The van der Waals surface area contributed by atoms with Crippen molar-refractivity contribution in [3.63, 3.8) is 0 Å². The summed E-state index contributed by atoms with van der Waals surface area (Å²) >= 11 is 0. The molecule has 1 saturated heterocycles. The van der Waals surface area contributed by atoms with Gasteiger partial charge in [0.1, 0.15) is 0 Å². The van der Waals surface area contributed by atoms with Crippen molar-refractivity contribution in [1.29, 1.82) is 0 Å². The first-order valence-electron chi connectivity index (χ1n) is 9.02. The maximum Gasteiger partial charge on any atom is 0.290 e. The van der Waals surface area contributed by atoms with Crippen LogP contribution in [-0.4, -0.2) is 29.1 Å². The van der Waals surface area contributed by atoms with Gasteiger partial charge in [0, 0.05) is 32.2 Å². The largest absolute Gasteiger partial charge is 0.351 e. The second-order valence-electron chi connectivity index (χ2n) is 7.42. The standard InChI is InChI=1S/C20H27N3O2/c1-14-8-15(2)12-23(11-14)13-18-7-5-4-6-17(18)10-21-20(24)19-9-16(3)22-25-19/h4-7,9,14-15H,8,10-13H2,1-3H3,(H,21,24). The van der Waals surface area contributed by atoms with Crippen molar-refractivity contribution in [2.45, 2.75) is 40.3 Å². The van der Waals surface area contributed by atoms with Crippen LogP contribution in [0.15, 0.2) is 34.9 Å². The van der Waals surface area contributed by atoms with Gasteiger partial charge in [0.2, 0.25) is 5.76 Å². The molecular formula is C20H27N3O2. The molecule has 0 bridgehead atoms. The number of hydrogen-bond donors (Lipinski definition) is 1. The van der Waals surface area contributed by atoms with E-state index in [1.165, 1.54) is 12.0 Å². The number of carbonyl (C=O) groups is 1. The number of piperidine rings is 1. The molecule has 1 N–H and O–H groups in total. The predicted molar refractivity (Wildman–Crippen MR) is 97.1 cm³/mol. The number of rotatable bonds is 5. The molecule has 134 valence electrons. The van der Waals surface area contributed by atoms with E-state index in [2.05, 4.69) is 47.4 Å². The number of amides is 1. The van der Waals surface area contributed by atoms with Crippen molar-refractivity contribution in [3.05, 3.63) is 52.9 Å². The van der Waals surface area contributed by atoms with E-state index in [4.69, 9.17) is 4.52 Å². The fourth-order valence-electron chi connectivity index (χ4n) is 3.78. The number of likely N-dealkylation sites (tertiary alicyclic amines) is 1. The van der Waals surface area contributed by atoms with E-state index < -0.39 is 0 Å². The van der Waals surface area contributed by atoms with Crippen LogP contribution in [0.1, 0.15) is 47.6 Å². The third-order valence-corrected chi connectivity index (χ3v) is 4.75. The smallest absolute Gasteiger partial charge is 0.290 e. The minimum absolute atomic E-state index is 0.226. The highest BCUT2D eigenvalue weighted by Gasteiger charge is 2.22. The normalized spacial score (nSPS) is 21.2. The third-order valence-electron chi connectivity index (χ3n) is 4.75. The second-order valence-corrected chi connectivity index (χ2v) is 7.42. The van der Waals surface area contributed by atoms with Crippen LogP contribution >= 0.6 is 0 Å². The maximum atomic E-state index is 12.2. The van der Waals surface area contributed by atoms with Gasteiger partial charge >= 0.3 is 0 Å². The number of aromatic nitrogens is 1. The number of aryl methyl sites for hydroxylation is 1. The van der Waals surface area contributed by atoms with Gasteiger partial charge in [0.15, 0.2) is 0 Å². The summed E-state index contributed by atoms with van der Waals surface area (Å²) in [6.45, 7) is 10.2. The van der Waals surface area contributed by atoms with Crippen molar-refractivity contribution < 1.29 is 9.32 Å². The summed E-state index contributed by atoms with van der Waals surface area (Å²) in [7, 11) is 0. The molecule has 2 aromatic rings. The molecule has 1 fully saturated rings. The zero-order valence-electron chi connectivity index (χ0n) is 15.3. The lowest BCUT2D eigenvalue weighted by Crippen LogP contribution is -2.38. The van der Waals surface area contributed by atoms with E-state index in [1.807, 2.05) is 6.07 Å². The molecule has 2 unspecified atom stereocenters. The minimum Gasteiger partial charge on any atom is -0.351 e. The van der Waals surface area contributed by atoms with E-state index in [1.54, 1.807) is 13.0 Å². The summed E-state index contributed by atoms with van der Waals surface area (Å²) in [4.78, 5) is 14.7. The number of nitrogens with one attached hydrogen (secondary N) is 1. The van der Waals surface area contributed by atoms with Crippen molar-refractivity contribution >= 4 is 5.91 Å². The molecule has 25 heavy (non-hydrogen) atoms. The lowest BCUT2D eigenvalue weighted by Gasteiger charge is -2.35. The van der Waals surface area contributed by atoms with Crippen molar-refractivity contribution in [3.8, 4) is 0 Å². The number of carbonyl (C=O) groups excluding carboxylic acids is 1. The van der Waals surface area contributed by atoms with Gasteiger partial charge in [0.25, 0.3) is 5.91 Å². The Balaban J connectivity index is 1.63. The first kappa shape index (κ1) is 17.7. The Morgan fingerprint density at radius 1 is 1.24 bits per heavy atom. The highest BCUT2D eigenvalue weighted by Crippen LogP contribution is 2.23. The van der Waals surface area contributed by atoms with E-state index in [9.17, 15) is 4.79 Å². The predicted octanol–water partition coefficient (Wildman–Crippen LogP) is 3.39. The topological polar surface area (TPSA) is 58.4 Å². The maximum absolute atomic E-state index is 12.2. The Labute approximate surface area is 149 Å². The molecule has 5 heteroatoms. The molecule has 0 saturated carbocycles. The molecule has 2 heterocycles. The summed E-state index contributed by atoms with van der Waals surface area (Å²) in [5.74, 6) is 1.51. The second kappa shape index (κ2) is 7.83. The van der Waals surface area contributed by atoms with Gasteiger partial charge < -0.3 is 9.84 Å². The number of hydrogen-bond acceptors (Lipinski definition) is 4. The zero-order chi connectivity index (χ0) is 17.8. The Hall–Kier alpha value is -2.14. The summed E-state index contributed by atoms with van der Waals surface area (Å²) < 4.78 is 5.02. The summed E-state index contributed by atoms with van der Waals surface area (Å²) in [6.07, 6.45) is 1.31. The molecule has 5 nitrogen and oxygen atoms in total. The minimum atomic E-state index is -0.226. The van der Waals surface area contributed by atoms with Crippen LogP contribution in [0.5, 0.6) is 0 Å². The molecule has 2 atom stereocenters. The number of benzene rings is 1. The highest BCUT2D eigenvalue weighted by atomic mass is 16.5. The monoisotopic (exact) mass is 341 g/mol. The molecule has 0 spiro atoms. The van der Waals surface area contributed by atoms with Crippen LogP contribution in [0.2, 0.25) is 0 Å². The van der Waals surface area contributed by atoms with Crippen LogP contribution in [-0.2, 0) is 13.1 Å². The van der Waals surface area contributed by atoms with E-state index in [-0.39, 0.29) is 11.7 Å². The average Bonchev–Trinajstić information content (AvgIpc) is 2.99. The molecule has 1 aliphatic heterocycles. The molecular weight excluding hydrogens is 314 g/mol. The fraction of sp³-hybridized carbons (Fsp3) is 0.500. The van der Waals surface area contributed by atoms with E-state index in [0.29, 0.717) is 12.2 Å². The molecule has 0 aliphatic carbocycles. The van der Waals surface area contributed by atoms with Crippen LogP contribution < -0.4 is 5.32 Å². The van der Waals surface area contributed by atoms with Crippen molar-refractivity contribution in [2.75, 3.05) is 13.1 Å². The first-order valence-corrected chi connectivity index (χ1v) is 9.02. The van der Waals surface area contributed by atoms with Crippen LogP contribution in [0.25, 0.3) is 0 Å². The molecule has 3 rings (SSSR count). The summed E-state index contributed by atoms with van der Waals surface area (Å²) in [5.41, 5.74) is 3.13. The van der Waals surface area contributed by atoms with Gasteiger partial charge in [0.05, 0.1) is 5.69 Å². The third kappa shape index (κ3) is 4.69. The van der Waals surface area contributed by atoms with Crippen LogP contribution in [0, 0.1) is 18.8 Å². The van der Waals surface area contributed by atoms with E-state index in [0.717, 1.165) is 37.0 Å². The molecule has 1 aromatic carbocycles. The summed E-state index contributed by atoms with van der Waals surface area (Å²) in [5, 5.41) is 6.69. The Morgan fingerprint density at radius 2 is 1.92 bits per heavy atom. The van der Waals surface area contributed by atoms with Gasteiger partial charge in [-0.25, -0.2) is 0 Å². The van der Waals surface area contributed by atoms with Gasteiger partial charge in [-0.3, -0.25) is 9.69 Å². The quantitative estimate of drug-likeness (QED) is 0.906. The summed E-state index contributed by atoms with van der Waals surface area (Å²) in [6, 6.07) is 9.97. The van der Waals surface area contributed by atoms with Crippen molar-refractivity contribution in [1.82, 2.24) is 15.4 Å². The SMILES string of the molecule is Cc1cc(C(=O)NCc2ccccc2CN2CC(C)CC(C)C2)on1. The van der Waals surface area contributed by atoms with Crippen molar-refractivity contribution in [2.24, 2.45) is 11.8 Å². The zero-order valence-corrected chi connectivity index (χ0v) is 15.3. The van der Waals surface area contributed by atoms with Gasteiger partial charge in [-0.15, -0.1) is 0 Å². The first-order chi connectivity index (χ1) is 12.0. The molecule has 1 amide bonds. The number of nitrogens with zero attached hydrogens (tertiary/aromatic N) is 2. The average molecular weight is 341 g/mol. The Kier molecular flexibility index (Phi) is 5.53. The molecule has 0 radical (unpaired) electrons. The highest BCUT2D eigenvalue weighted by molar-refractivity contribution is 5.91. The Bertz CT molecular complexity index is 715. The van der Waals surface area contributed by atoms with Gasteiger partial charge in [-0.05, 0) is 36.3 Å². The lowest BCUT2D eigenvalue weighted by atomic mass is 9.91. The van der Waals surface area contributed by atoms with Crippen LogP contribution in [0.3, 0.4) is 0 Å².